The summed E-state index contributed by atoms with van der Waals surface area (Å²) in [6.45, 7) is 5.00. The van der Waals surface area contributed by atoms with Gasteiger partial charge in [0.25, 0.3) is 15.7 Å². The lowest BCUT2D eigenvalue weighted by molar-refractivity contribution is -0.385. The van der Waals surface area contributed by atoms with E-state index in [-0.39, 0.29) is 22.2 Å². The Hall–Kier alpha value is -4.91. The molecule has 230 valence electrons. The minimum absolute atomic E-state index is 0.211. The first-order valence-electron chi connectivity index (χ1n) is 14.5. The number of non-ortho nitro benzene ring substituents is 1. The van der Waals surface area contributed by atoms with Gasteiger partial charge in [-0.3, -0.25) is 29.5 Å². The van der Waals surface area contributed by atoms with Crippen LogP contribution in [0.2, 0.25) is 0 Å². The van der Waals surface area contributed by atoms with Gasteiger partial charge < -0.3 is 10.2 Å². The molecule has 0 saturated carbocycles. The maximum absolute atomic E-state index is 13.5. The van der Waals surface area contributed by atoms with Crippen molar-refractivity contribution in [2.75, 3.05) is 43.3 Å². The summed E-state index contributed by atoms with van der Waals surface area (Å²) >= 11 is 0. The number of rotatable bonds is 9. The maximum atomic E-state index is 13.5. The van der Waals surface area contributed by atoms with E-state index in [0.29, 0.717) is 22.6 Å². The number of piperazine rings is 1. The van der Waals surface area contributed by atoms with Gasteiger partial charge >= 0.3 is 0 Å². The Morgan fingerprint density at radius 3 is 2.40 bits per heavy atom. The van der Waals surface area contributed by atoms with Gasteiger partial charge in [-0.25, -0.2) is 8.42 Å². The number of anilines is 2. The Morgan fingerprint density at radius 1 is 0.956 bits per heavy atom. The minimum Gasteiger partial charge on any atom is -0.325 e. The number of fused-ring (bicyclic) bond motifs is 1. The van der Waals surface area contributed by atoms with Crippen LogP contribution in [-0.2, 0) is 21.4 Å². The van der Waals surface area contributed by atoms with Gasteiger partial charge in [0, 0.05) is 56.2 Å². The second-order valence-corrected chi connectivity index (χ2v) is 12.9. The predicted molar refractivity (Wildman–Crippen MR) is 174 cm³/mol. The van der Waals surface area contributed by atoms with Gasteiger partial charge in [-0.05, 0) is 60.1 Å². The summed E-state index contributed by atoms with van der Waals surface area (Å²) in [5.74, 6) is -1.09. The molecule has 2 aliphatic rings. The van der Waals surface area contributed by atoms with Crippen molar-refractivity contribution in [3.63, 3.8) is 0 Å². The number of carbonyl (C=O) groups is 1. The van der Waals surface area contributed by atoms with Crippen LogP contribution in [0, 0.1) is 10.1 Å². The maximum Gasteiger partial charge on any atom is 0.270 e. The molecule has 0 bridgehead atoms. The van der Waals surface area contributed by atoms with Crippen molar-refractivity contribution < 1.29 is 18.1 Å². The highest BCUT2D eigenvalue weighted by Gasteiger charge is 2.36. The fraction of sp³-hybridized carbons (Fsp3) is 0.212. The van der Waals surface area contributed by atoms with Crippen molar-refractivity contribution in [3.05, 3.63) is 124 Å². The molecule has 2 aliphatic heterocycles. The first kappa shape index (κ1) is 30.1. The quantitative estimate of drug-likeness (QED) is 0.152. The average molecular weight is 625 g/mol. The second kappa shape index (κ2) is 12.6. The van der Waals surface area contributed by atoms with Crippen LogP contribution in [0.4, 0.5) is 22.7 Å². The molecule has 1 unspecified atom stereocenters. The SMILES string of the molecule is CN1CCN(Cc2ccc(N=C(c3ccccc3)C3C(=O)Nc4ccc(NS(=O)(=O)c5cccc([N+](=O)[O-])c5)cc43)cc2)CC1. The van der Waals surface area contributed by atoms with E-state index in [9.17, 15) is 23.3 Å². The molecule has 4 aromatic carbocycles. The molecule has 1 amide bonds. The van der Waals surface area contributed by atoms with Crippen LogP contribution in [0.3, 0.4) is 0 Å². The number of hydrogen-bond acceptors (Lipinski definition) is 8. The first-order valence-corrected chi connectivity index (χ1v) is 16.0. The molecule has 11 nitrogen and oxygen atoms in total. The number of nitrogens with one attached hydrogen (secondary N) is 2. The van der Waals surface area contributed by atoms with Crippen LogP contribution in [0.5, 0.6) is 0 Å². The number of benzene rings is 4. The highest BCUT2D eigenvalue weighted by molar-refractivity contribution is 7.92. The van der Waals surface area contributed by atoms with E-state index in [4.69, 9.17) is 4.99 Å². The van der Waals surface area contributed by atoms with Gasteiger partial charge in [0.15, 0.2) is 0 Å². The van der Waals surface area contributed by atoms with Crippen LogP contribution >= 0.6 is 0 Å². The molecule has 2 N–H and O–H groups in total. The molecule has 2 heterocycles. The average Bonchev–Trinajstić information content (AvgIpc) is 3.36. The highest BCUT2D eigenvalue weighted by atomic mass is 32.2. The molecule has 0 radical (unpaired) electrons. The summed E-state index contributed by atoms with van der Waals surface area (Å²) in [6, 6.07) is 27.0. The largest absolute Gasteiger partial charge is 0.325 e. The van der Waals surface area contributed by atoms with Gasteiger partial charge in [0.05, 0.1) is 21.2 Å². The third-order valence-corrected chi connectivity index (χ3v) is 9.38. The number of amides is 1. The molecule has 0 spiro atoms. The zero-order chi connectivity index (χ0) is 31.6. The molecule has 6 rings (SSSR count). The van der Waals surface area contributed by atoms with E-state index >= 15 is 0 Å². The zero-order valence-corrected chi connectivity index (χ0v) is 25.4. The van der Waals surface area contributed by atoms with E-state index in [1.54, 1.807) is 12.1 Å². The Labute approximate surface area is 261 Å². The van der Waals surface area contributed by atoms with E-state index in [1.807, 2.05) is 42.5 Å². The van der Waals surface area contributed by atoms with Gasteiger partial charge in [0.2, 0.25) is 5.91 Å². The lowest BCUT2D eigenvalue weighted by Crippen LogP contribution is -2.43. The summed E-state index contributed by atoms with van der Waals surface area (Å²) in [6.07, 6.45) is 0. The Kier molecular flexibility index (Phi) is 8.44. The zero-order valence-electron chi connectivity index (χ0n) is 24.6. The molecule has 0 aliphatic carbocycles. The summed E-state index contributed by atoms with van der Waals surface area (Å²) in [7, 11) is -2.02. The van der Waals surface area contributed by atoms with Gasteiger partial charge in [-0.2, -0.15) is 0 Å². The van der Waals surface area contributed by atoms with E-state index < -0.39 is 20.9 Å². The number of aliphatic imine (C=N–C) groups is 1. The second-order valence-electron chi connectivity index (χ2n) is 11.2. The van der Waals surface area contributed by atoms with Crippen molar-refractivity contribution in [2.45, 2.75) is 17.4 Å². The Bertz CT molecular complexity index is 1870. The van der Waals surface area contributed by atoms with Crippen molar-refractivity contribution >= 4 is 44.4 Å². The number of carbonyl (C=O) groups excluding carboxylic acids is 1. The number of nitrogens with zero attached hydrogens (tertiary/aromatic N) is 4. The predicted octanol–water partition coefficient (Wildman–Crippen LogP) is 5.00. The van der Waals surface area contributed by atoms with Crippen LogP contribution in [-0.4, -0.2) is 68.0 Å². The van der Waals surface area contributed by atoms with E-state index in [0.717, 1.165) is 44.4 Å². The summed E-state index contributed by atoms with van der Waals surface area (Å²) in [4.78, 5) is 33.5. The standard InChI is InChI=1S/C33H32N6O5S/c1-37-16-18-38(19-17-37)22-23-10-12-25(13-11-23)34-32(24-6-3-2-4-7-24)31-29-20-26(14-15-30(29)35-33(31)40)36-45(43,44)28-9-5-8-27(21-28)39(41)42/h2-15,20-21,31,36H,16-19,22H2,1H3,(H,35,40). The topological polar surface area (TPSA) is 137 Å². The first-order chi connectivity index (χ1) is 21.7. The monoisotopic (exact) mass is 624 g/mol. The fourth-order valence-corrected chi connectivity index (χ4v) is 6.65. The van der Waals surface area contributed by atoms with Crippen LogP contribution < -0.4 is 10.0 Å². The van der Waals surface area contributed by atoms with Crippen molar-refractivity contribution in [2.24, 2.45) is 4.99 Å². The Morgan fingerprint density at radius 2 is 1.69 bits per heavy atom. The molecular formula is C33H32N6O5S. The van der Waals surface area contributed by atoms with Crippen molar-refractivity contribution in [1.82, 2.24) is 9.80 Å². The number of nitro benzene ring substituents is 1. The normalized spacial score (nSPS) is 17.5. The van der Waals surface area contributed by atoms with Crippen LogP contribution in [0.1, 0.15) is 22.6 Å². The van der Waals surface area contributed by atoms with Gasteiger partial charge in [-0.1, -0.05) is 48.5 Å². The lowest BCUT2D eigenvalue weighted by atomic mass is 9.90. The summed E-state index contributed by atoms with van der Waals surface area (Å²) < 4.78 is 28.8. The van der Waals surface area contributed by atoms with Crippen molar-refractivity contribution in [1.29, 1.82) is 0 Å². The lowest BCUT2D eigenvalue weighted by Gasteiger charge is -2.32. The third kappa shape index (κ3) is 6.78. The van der Waals surface area contributed by atoms with Gasteiger partial charge in [0.1, 0.15) is 5.92 Å². The molecule has 12 heteroatoms. The molecule has 45 heavy (non-hydrogen) atoms. The van der Waals surface area contributed by atoms with E-state index in [2.05, 4.69) is 39.0 Å². The molecular weight excluding hydrogens is 592 g/mol. The number of likely N-dealkylation sites (N-methyl/N-ethyl adjacent to an activating group) is 1. The molecule has 1 atom stereocenters. The smallest absolute Gasteiger partial charge is 0.270 e. The van der Waals surface area contributed by atoms with Crippen LogP contribution in [0.15, 0.2) is 107 Å². The summed E-state index contributed by atoms with van der Waals surface area (Å²) in [5.41, 5.74) is 4.15. The third-order valence-electron chi connectivity index (χ3n) is 8.00. The fourth-order valence-electron chi connectivity index (χ4n) is 5.56. The number of sulfonamides is 1. The molecule has 1 fully saturated rings. The molecule has 4 aromatic rings. The summed E-state index contributed by atoms with van der Waals surface area (Å²) in [5, 5.41) is 14.1. The van der Waals surface area contributed by atoms with Crippen molar-refractivity contribution in [3.8, 4) is 0 Å². The number of nitro groups is 1. The van der Waals surface area contributed by atoms with Gasteiger partial charge in [-0.15, -0.1) is 0 Å². The number of hydrogen-bond donors (Lipinski definition) is 2. The highest BCUT2D eigenvalue weighted by Crippen LogP contribution is 2.38. The molecule has 0 aromatic heterocycles. The van der Waals surface area contributed by atoms with Crippen LogP contribution in [0.25, 0.3) is 0 Å². The van der Waals surface area contributed by atoms with E-state index in [1.165, 1.54) is 29.8 Å². The Balaban J connectivity index is 1.31. The minimum atomic E-state index is -4.15. The molecule has 1 saturated heterocycles.